The quantitative estimate of drug-likeness (QED) is 0.465. The number of nitrogens with two attached hydrogens (primary N) is 1. The number of hydrogen-bond donors (Lipinski definition) is 4. The van der Waals surface area contributed by atoms with Gasteiger partial charge in [-0.1, -0.05) is 0 Å². The van der Waals surface area contributed by atoms with Crippen LogP contribution in [0.25, 0.3) is 0 Å². The number of aldehydes is 1. The number of amides is 1. The molecule has 1 aliphatic rings. The first kappa shape index (κ1) is 18.6. The van der Waals surface area contributed by atoms with E-state index in [4.69, 9.17) is 10.5 Å². The monoisotopic (exact) mass is 378 g/mol. The van der Waals surface area contributed by atoms with Crippen LogP contribution in [0.3, 0.4) is 0 Å². The number of anilines is 1. The SMILES string of the molecule is CC1(C)Cc2c(sc(NC(O)c3n[nH]cc3C=O)c2C(N)=O)C(C)(C)O1. The highest BCUT2D eigenvalue weighted by molar-refractivity contribution is 7.17. The summed E-state index contributed by atoms with van der Waals surface area (Å²) in [5.74, 6) is -0.580. The third-order valence-electron chi connectivity index (χ3n) is 4.29. The number of carbonyl (C=O) groups is 2. The minimum absolute atomic E-state index is 0.151. The van der Waals surface area contributed by atoms with Crippen LogP contribution in [0.15, 0.2) is 6.20 Å². The first-order valence-electron chi connectivity index (χ1n) is 8.15. The van der Waals surface area contributed by atoms with E-state index in [-0.39, 0.29) is 11.3 Å². The number of nitrogens with zero attached hydrogens (tertiary/aromatic N) is 1. The fourth-order valence-corrected chi connectivity index (χ4v) is 4.78. The fourth-order valence-electron chi connectivity index (χ4n) is 3.50. The van der Waals surface area contributed by atoms with Crippen molar-refractivity contribution in [2.75, 3.05) is 5.32 Å². The van der Waals surface area contributed by atoms with Gasteiger partial charge in [-0.05, 0) is 33.3 Å². The summed E-state index contributed by atoms with van der Waals surface area (Å²) in [5.41, 5.74) is 6.14. The van der Waals surface area contributed by atoms with E-state index in [9.17, 15) is 14.7 Å². The van der Waals surface area contributed by atoms with Gasteiger partial charge in [-0.2, -0.15) is 5.10 Å². The molecule has 3 rings (SSSR count). The summed E-state index contributed by atoms with van der Waals surface area (Å²) in [6.07, 6.45) is 1.25. The van der Waals surface area contributed by atoms with E-state index in [1.54, 1.807) is 0 Å². The molecule has 3 heterocycles. The molecule has 8 nitrogen and oxygen atoms in total. The van der Waals surface area contributed by atoms with Crippen molar-refractivity contribution in [1.82, 2.24) is 10.2 Å². The maximum absolute atomic E-state index is 12.2. The molecule has 26 heavy (non-hydrogen) atoms. The first-order valence-corrected chi connectivity index (χ1v) is 8.97. The molecule has 0 aromatic carbocycles. The van der Waals surface area contributed by atoms with Crippen molar-refractivity contribution >= 4 is 28.5 Å². The Balaban J connectivity index is 2.05. The standard InChI is InChI=1S/C17H22N4O4S/c1-16(2)5-9-10(13(18)23)15(26-12(9)17(3,4)25-16)20-14(24)11-8(7-22)6-19-21-11/h6-7,14,20,24H,5H2,1-4H3,(H2,18,23)(H,19,21). The summed E-state index contributed by atoms with van der Waals surface area (Å²) >= 11 is 1.31. The van der Waals surface area contributed by atoms with Crippen molar-refractivity contribution in [2.24, 2.45) is 5.73 Å². The highest BCUT2D eigenvalue weighted by Gasteiger charge is 2.43. The minimum atomic E-state index is -1.27. The summed E-state index contributed by atoms with van der Waals surface area (Å²) < 4.78 is 6.15. The number of rotatable bonds is 5. The van der Waals surface area contributed by atoms with Crippen LogP contribution < -0.4 is 11.1 Å². The van der Waals surface area contributed by atoms with E-state index in [0.717, 1.165) is 10.4 Å². The van der Waals surface area contributed by atoms with Crippen molar-refractivity contribution in [1.29, 1.82) is 0 Å². The lowest BCUT2D eigenvalue weighted by Gasteiger charge is -2.41. The van der Waals surface area contributed by atoms with E-state index in [0.29, 0.717) is 23.3 Å². The van der Waals surface area contributed by atoms with Crippen LogP contribution in [0, 0.1) is 0 Å². The number of aromatic amines is 1. The molecule has 0 saturated heterocycles. The number of carbonyl (C=O) groups excluding carboxylic acids is 2. The molecule has 0 radical (unpaired) electrons. The number of ether oxygens (including phenoxy) is 1. The van der Waals surface area contributed by atoms with Gasteiger partial charge in [0.2, 0.25) is 0 Å². The number of aromatic nitrogens is 2. The van der Waals surface area contributed by atoms with E-state index >= 15 is 0 Å². The molecule has 1 amide bonds. The van der Waals surface area contributed by atoms with Crippen molar-refractivity contribution in [2.45, 2.75) is 51.5 Å². The molecule has 1 atom stereocenters. The van der Waals surface area contributed by atoms with Gasteiger partial charge in [-0.15, -0.1) is 11.3 Å². The van der Waals surface area contributed by atoms with E-state index in [1.807, 2.05) is 27.7 Å². The average Bonchev–Trinajstić information content (AvgIpc) is 3.09. The molecule has 0 spiro atoms. The second-order valence-corrected chi connectivity index (χ2v) is 8.44. The molecule has 1 unspecified atom stereocenters. The van der Waals surface area contributed by atoms with Gasteiger partial charge in [-0.25, -0.2) is 0 Å². The Hall–Kier alpha value is -2.23. The zero-order valence-corrected chi connectivity index (χ0v) is 15.9. The van der Waals surface area contributed by atoms with E-state index in [2.05, 4.69) is 15.5 Å². The van der Waals surface area contributed by atoms with Crippen LogP contribution in [-0.2, 0) is 16.8 Å². The predicted octanol–water partition coefficient (Wildman–Crippen LogP) is 2.07. The van der Waals surface area contributed by atoms with Crippen LogP contribution >= 0.6 is 11.3 Å². The molecule has 0 bridgehead atoms. The maximum atomic E-state index is 12.2. The van der Waals surface area contributed by atoms with Crippen LogP contribution in [0.5, 0.6) is 0 Å². The molecule has 5 N–H and O–H groups in total. The first-order chi connectivity index (χ1) is 12.1. The average molecular weight is 378 g/mol. The summed E-state index contributed by atoms with van der Waals surface area (Å²) in [6.45, 7) is 7.79. The van der Waals surface area contributed by atoms with Gasteiger partial charge in [0.1, 0.15) is 10.7 Å². The smallest absolute Gasteiger partial charge is 0.251 e. The molecular weight excluding hydrogens is 356 g/mol. The number of nitrogens with one attached hydrogen (secondary N) is 2. The van der Waals surface area contributed by atoms with E-state index in [1.165, 1.54) is 17.5 Å². The number of thiophene rings is 1. The fraction of sp³-hybridized carbons (Fsp3) is 0.471. The van der Waals surface area contributed by atoms with Crippen molar-refractivity contribution in [3.05, 3.63) is 33.5 Å². The highest BCUT2D eigenvalue weighted by Crippen LogP contribution is 2.48. The number of primary amides is 1. The van der Waals surface area contributed by atoms with Gasteiger partial charge in [0.15, 0.2) is 12.5 Å². The highest BCUT2D eigenvalue weighted by atomic mass is 32.1. The lowest BCUT2D eigenvalue weighted by molar-refractivity contribution is -0.135. The molecular formula is C17H22N4O4S. The van der Waals surface area contributed by atoms with Gasteiger partial charge in [0.05, 0.1) is 22.3 Å². The van der Waals surface area contributed by atoms with Crippen molar-refractivity contribution in [3.8, 4) is 0 Å². The number of H-pyrrole nitrogens is 1. The van der Waals surface area contributed by atoms with Crippen molar-refractivity contribution in [3.63, 3.8) is 0 Å². The zero-order chi connectivity index (χ0) is 19.3. The third-order valence-corrected chi connectivity index (χ3v) is 5.76. The Morgan fingerprint density at radius 3 is 2.81 bits per heavy atom. The summed E-state index contributed by atoms with van der Waals surface area (Å²) in [4.78, 5) is 24.1. The molecule has 140 valence electrons. The van der Waals surface area contributed by atoms with Crippen LogP contribution in [0.4, 0.5) is 5.00 Å². The van der Waals surface area contributed by atoms with Crippen LogP contribution in [-0.4, -0.2) is 33.1 Å². The second-order valence-electron chi connectivity index (χ2n) is 7.42. The number of hydrogen-bond acceptors (Lipinski definition) is 7. The van der Waals surface area contributed by atoms with Gasteiger partial charge < -0.3 is 20.9 Å². The maximum Gasteiger partial charge on any atom is 0.251 e. The van der Waals surface area contributed by atoms with Gasteiger partial charge in [0, 0.05) is 17.5 Å². The Morgan fingerprint density at radius 1 is 1.50 bits per heavy atom. The number of aliphatic hydroxyl groups is 1. The molecule has 9 heteroatoms. The Bertz CT molecular complexity index is 868. The normalized spacial score (nSPS) is 18.8. The minimum Gasteiger partial charge on any atom is -0.368 e. The second kappa shape index (κ2) is 6.19. The van der Waals surface area contributed by atoms with Gasteiger partial charge in [0.25, 0.3) is 5.91 Å². The number of fused-ring (bicyclic) bond motifs is 1. The Kier molecular flexibility index (Phi) is 4.41. The largest absolute Gasteiger partial charge is 0.368 e. The lowest BCUT2D eigenvalue weighted by atomic mass is 9.86. The topological polar surface area (TPSA) is 130 Å². The summed E-state index contributed by atoms with van der Waals surface area (Å²) in [6, 6.07) is 0. The van der Waals surface area contributed by atoms with Crippen molar-refractivity contribution < 1.29 is 19.4 Å². The Labute approximate surface area is 154 Å². The van der Waals surface area contributed by atoms with Gasteiger partial charge >= 0.3 is 0 Å². The molecule has 0 aliphatic carbocycles. The van der Waals surface area contributed by atoms with Crippen LogP contribution in [0.2, 0.25) is 0 Å². The molecule has 1 aliphatic heterocycles. The zero-order valence-electron chi connectivity index (χ0n) is 15.0. The van der Waals surface area contributed by atoms with E-state index < -0.39 is 23.3 Å². The van der Waals surface area contributed by atoms with Crippen LogP contribution in [0.1, 0.15) is 70.8 Å². The molecule has 0 saturated carbocycles. The third kappa shape index (κ3) is 3.13. The molecule has 2 aromatic rings. The Morgan fingerprint density at radius 2 is 2.19 bits per heavy atom. The molecule has 0 fully saturated rings. The molecule has 2 aromatic heterocycles. The summed E-state index contributed by atoms with van der Waals surface area (Å²) in [5, 5.41) is 20.2. The number of aliphatic hydroxyl groups excluding tert-OH is 1. The lowest BCUT2D eigenvalue weighted by Crippen LogP contribution is -2.42. The van der Waals surface area contributed by atoms with Gasteiger partial charge in [-0.3, -0.25) is 14.7 Å². The summed E-state index contributed by atoms with van der Waals surface area (Å²) in [7, 11) is 0. The predicted molar refractivity (Wildman–Crippen MR) is 97.3 cm³/mol.